The smallest absolute Gasteiger partial charge is 0.235 e. The Labute approximate surface area is 114 Å². The summed E-state index contributed by atoms with van der Waals surface area (Å²) >= 11 is 5.15. The van der Waals surface area contributed by atoms with Gasteiger partial charge in [0.15, 0.2) is 0 Å². The second kappa shape index (κ2) is 5.13. The number of aliphatic hydroxyl groups excluding tert-OH is 1. The molecule has 5 heteroatoms. The molecule has 4 nitrogen and oxygen atoms in total. The lowest BCUT2D eigenvalue weighted by Crippen LogP contribution is -2.52. The zero-order chi connectivity index (χ0) is 13.3. The number of carbonyl (C=O) groups is 1. The van der Waals surface area contributed by atoms with Crippen LogP contribution in [0.25, 0.3) is 0 Å². The summed E-state index contributed by atoms with van der Waals surface area (Å²) < 4.78 is 0. The first-order chi connectivity index (χ1) is 8.53. The van der Waals surface area contributed by atoms with Gasteiger partial charge in [-0.15, -0.1) is 0 Å². The summed E-state index contributed by atoms with van der Waals surface area (Å²) in [5, 5.41) is 9.46. The average Bonchev–Trinajstić information content (AvgIpc) is 2.95. The summed E-state index contributed by atoms with van der Waals surface area (Å²) in [6.45, 7) is 2.83. The Balaban J connectivity index is 2.22. The Morgan fingerprint density at radius 3 is 2.61 bits per heavy atom. The average molecular weight is 270 g/mol. The number of hydrogen-bond acceptors (Lipinski definition) is 3. The van der Waals surface area contributed by atoms with Gasteiger partial charge in [0.1, 0.15) is 0 Å². The quantitative estimate of drug-likeness (QED) is 0.753. The molecule has 1 saturated carbocycles. The van der Waals surface area contributed by atoms with E-state index in [1.807, 2.05) is 4.90 Å². The van der Waals surface area contributed by atoms with Crippen LogP contribution in [0.2, 0.25) is 0 Å². The van der Waals surface area contributed by atoms with Crippen LogP contribution in [-0.4, -0.2) is 40.1 Å². The standard InChI is InChI=1S/C13H22N2O2S/c1-9-4-7-15(10(9)8-16)12(17)13(11(14)18)5-2-3-6-13/h9-10,16H,2-8H2,1H3,(H2,14,18). The van der Waals surface area contributed by atoms with Crippen LogP contribution in [0.1, 0.15) is 39.0 Å². The van der Waals surface area contributed by atoms with Gasteiger partial charge in [-0.05, 0) is 25.2 Å². The molecule has 18 heavy (non-hydrogen) atoms. The number of likely N-dealkylation sites (tertiary alicyclic amines) is 1. The van der Waals surface area contributed by atoms with Crippen molar-refractivity contribution < 1.29 is 9.90 Å². The van der Waals surface area contributed by atoms with Crippen LogP contribution in [0.4, 0.5) is 0 Å². The third kappa shape index (κ3) is 2.03. The van der Waals surface area contributed by atoms with Crippen molar-refractivity contribution in [2.45, 2.75) is 45.1 Å². The number of thiocarbonyl (C=S) groups is 1. The number of nitrogens with zero attached hydrogens (tertiary/aromatic N) is 1. The van der Waals surface area contributed by atoms with Gasteiger partial charge < -0.3 is 15.7 Å². The van der Waals surface area contributed by atoms with Gasteiger partial charge in [0, 0.05) is 6.54 Å². The fourth-order valence-corrected chi connectivity index (χ4v) is 3.65. The molecule has 2 unspecified atom stereocenters. The lowest BCUT2D eigenvalue weighted by atomic mass is 9.84. The maximum Gasteiger partial charge on any atom is 0.235 e. The van der Waals surface area contributed by atoms with Crippen molar-refractivity contribution in [1.29, 1.82) is 0 Å². The molecule has 0 radical (unpaired) electrons. The lowest BCUT2D eigenvalue weighted by molar-refractivity contribution is -0.140. The molecule has 2 fully saturated rings. The Morgan fingerprint density at radius 1 is 1.50 bits per heavy atom. The van der Waals surface area contributed by atoms with E-state index in [0.717, 1.165) is 38.6 Å². The first-order valence-electron chi connectivity index (χ1n) is 6.75. The molecule has 2 aliphatic rings. The van der Waals surface area contributed by atoms with E-state index in [1.54, 1.807) is 0 Å². The predicted molar refractivity (Wildman–Crippen MR) is 74.1 cm³/mol. The van der Waals surface area contributed by atoms with E-state index < -0.39 is 5.41 Å². The monoisotopic (exact) mass is 270 g/mol. The highest BCUT2D eigenvalue weighted by atomic mass is 32.1. The number of hydrogen-bond donors (Lipinski definition) is 2. The first kappa shape index (κ1) is 13.7. The second-order valence-corrected chi connectivity index (χ2v) is 6.11. The Kier molecular flexibility index (Phi) is 3.92. The maximum atomic E-state index is 12.8. The molecule has 1 aliphatic carbocycles. The minimum absolute atomic E-state index is 0.0281. The summed E-state index contributed by atoms with van der Waals surface area (Å²) in [6, 6.07) is -0.0654. The van der Waals surface area contributed by atoms with Crippen molar-refractivity contribution in [3.8, 4) is 0 Å². The van der Waals surface area contributed by atoms with Crippen molar-refractivity contribution in [3.63, 3.8) is 0 Å². The maximum absolute atomic E-state index is 12.8. The summed E-state index contributed by atoms with van der Waals surface area (Å²) in [5.41, 5.74) is 5.21. The number of nitrogens with two attached hydrogens (primary N) is 1. The van der Waals surface area contributed by atoms with Gasteiger partial charge in [0.05, 0.1) is 23.1 Å². The predicted octanol–water partition coefficient (Wildman–Crippen LogP) is 1.06. The zero-order valence-corrected chi connectivity index (χ0v) is 11.7. The minimum atomic E-state index is -0.632. The van der Waals surface area contributed by atoms with Crippen molar-refractivity contribution in [1.82, 2.24) is 4.90 Å². The molecule has 1 amide bonds. The van der Waals surface area contributed by atoms with Gasteiger partial charge in [-0.3, -0.25) is 4.79 Å². The van der Waals surface area contributed by atoms with Crippen LogP contribution in [0, 0.1) is 11.3 Å². The fourth-order valence-electron chi connectivity index (χ4n) is 3.36. The third-order valence-corrected chi connectivity index (χ3v) is 5.06. The molecule has 0 aromatic rings. The van der Waals surface area contributed by atoms with Crippen LogP contribution in [-0.2, 0) is 4.79 Å². The topological polar surface area (TPSA) is 66.6 Å². The molecule has 1 saturated heterocycles. The largest absolute Gasteiger partial charge is 0.394 e. The molecule has 2 atom stereocenters. The Hall–Kier alpha value is -0.680. The molecular formula is C13H22N2O2S. The third-order valence-electron chi connectivity index (χ3n) is 4.67. The van der Waals surface area contributed by atoms with E-state index in [4.69, 9.17) is 18.0 Å². The molecule has 0 aromatic heterocycles. The molecule has 0 aromatic carbocycles. The van der Waals surface area contributed by atoms with Gasteiger partial charge in [-0.1, -0.05) is 32.0 Å². The van der Waals surface area contributed by atoms with Crippen LogP contribution >= 0.6 is 12.2 Å². The van der Waals surface area contributed by atoms with Crippen LogP contribution in [0.15, 0.2) is 0 Å². The van der Waals surface area contributed by atoms with E-state index in [1.165, 1.54) is 0 Å². The summed E-state index contributed by atoms with van der Waals surface area (Å²) in [6.07, 6.45) is 4.51. The summed E-state index contributed by atoms with van der Waals surface area (Å²) in [7, 11) is 0. The number of aliphatic hydroxyl groups is 1. The van der Waals surface area contributed by atoms with E-state index >= 15 is 0 Å². The van der Waals surface area contributed by atoms with Crippen molar-refractivity contribution in [2.24, 2.45) is 17.1 Å². The number of amides is 1. The molecule has 1 heterocycles. The second-order valence-electron chi connectivity index (χ2n) is 5.67. The van der Waals surface area contributed by atoms with Crippen molar-refractivity contribution in [3.05, 3.63) is 0 Å². The molecular weight excluding hydrogens is 248 g/mol. The molecule has 0 spiro atoms. The first-order valence-corrected chi connectivity index (χ1v) is 7.15. The highest BCUT2D eigenvalue weighted by Crippen LogP contribution is 2.42. The van der Waals surface area contributed by atoms with E-state index in [9.17, 15) is 9.90 Å². The van der Waals surface area contributed by atoms with Crippen molar-refractivity contribution >= 4 is 23.1 Å². The Bertz CT molecular complexity index is 353. The van der Waals surface area contributed by atoms with Crippen LogP contribution in [0.3, 0.4) is 0 Å². The van der Waals surface area contributed by atoms with E-state index in [0.29, 0.717) is 10.9 Å². The molecule has 102 valence electrons. The van der Waals surface area contributed by atoms with Gasteiger partial charge in [0.2, 0.25) is 5.91 Å². The minimum Gasteiger partial charge on any atom is -0.394 e. The Morgan fingerprint density at radius 2 is 2.11 bits per heavy atom. The zero-order valence-electron chi connectivity index (χ0n) is 10.9. The fraction of sp³-hybridized carbons (Fsp3) is 0.846. The van der Waals surface area contributed by atoms with Crippen LogP contribution in [0.5, 0.6) is 0 Å². The summed E-state index contributed by atoms with van der Waals surface area (Å²) in [5.74, 6) is 0.402. The lowest BCUT2D eigenvalue weighted by Gasteiger charge is -2.35. The van der Waals surface area contributed by atoms with Gasteiger partial charge in [-0.2, -0.15) is 0 Å². The highest BCUT2D eigenvalue weighted by molar-refractivity contribution is 7.80. The highest BCUT2D eigenvalue weighted by Gasteiger charge is 2.49. The summed E-state index contributed by atoms with van der Waals surface area (Å²) in [4.78, 5) is 14.9. The SMILES string of the molecule is CC1CCN(C(=O)C2(C(N)=S)CCCC2)C1CO. The van der Waals surface area contributed by atoms with Gasteiger partial charge >= 0.3 is 0 Å². The number of rotatable bonds is 3. The van der Waals surface area contributed by atoms with E-state index in [-0.39, 0.29) is 18.6 Å². The molecule has 0 bridgehead atoms. The number of carbonyl (C=O) groups excluding carboxylic acids is 1. The molecule has 2 rings (SSSR count). The van der Waals surface area contributed by atoms with Gasteiger partial charge in [0.25, 0.3) is 0 Å². The van der Waals surface area contributed by atoms with Crippen LogP contribution < -0.4 is 5.73 Å². The van der Waals surface area contributed by atoms with Gasteiger partial charge in [-0.25, -0.2) is 0 Å². The van der Waals surface area contributed by atoms with Crippen molar-refractivity contribution in [2.75, 3.05) is 13.2 Å². The molecule has 3 N–H and O–H groups in total. The normalized spacial score (nSPS) is 30.7. The molecule has 1 aliphatic heterocycles. The van der Waals surface area contributed by atoms with E-state index in [2.05, 4.69) is 6.92 Å².